The Balaban J connectivity index is 1.42. The lowest BCUT2D eigenvalue weighted by Gasteiger charge is -2.32. The van der Waals surface area contributed by atoms with Crippen molar-refractivity contribution in [1.82, 2.24) is 25.0 Å². The van der Waals surface area contributed by atoms with Gasteiger partial charge in [0.15, 0.2) is 0 Å². The Hall–Kier alpha value is -2.06. The molecule has 0 atom stereocenters. The number of rotatable bonds is 4. The third-order valence-electron chi connectivity index (χ3n) is 5.07. The SMILES string of the molecule is Cc1csc2c(N3CCC(Cn4cc(C(C)(C)N)nn4)CC3)ncnc12. The van der Waals surface area contributed by atoms with Gasteiger partial charge in [0.25, 0.3) is 0 Å². The van der Waals surface area contributed by atoms with Crippen LogP contribution < -0.4 is 10.6 Å². The molecule has 4 heterocycles. The zero-order chi connectivity index (χ0) is 18.3. The monoisotopic (exact) mass is 371 g/mol. The van der Waals surface area contributed by atoms with Gasteiger partial charge in [-0.05, 0) is 50.5 Å². The van der Waals surface area contributed by atoms with Crippen molar-refractivity contribution in [2.24, 2.45) is 11.7 Å². The van der Waals surface area contributed by atoms with Crippen molar-refractivity contribution in [2.75, 3.05) is 18.0 Å². The average molecular weight is 372 g/mol. The molecule has 2 N–H and O–H groups in total. The molecule has 0 spiro atoms. The molecule has 0 aromatic carbocycles. The van der Waals surface area contributed by atoms with Gasteiger partial charge in [-0.15, -0.1) is 16.4 Å². The summed E-state index contributed by atoms with van der Waals surface area (Å²) >= 11 is 1.74. The first kappa shape index (κ1) is 17.4. The van der Waals surface area contributed by atoms with Crippen LogP contribution in [0.2, 0.25) is 0 Å². The van der Waals surface area contributed by atoms with E-state index in [0.717, 1.165) is 49.5 Å². The summed E-state index contributed by atoms with van der Waals surface area (Å²) in [6.07, 6.45) is 5.91. The summed E-state index contributed by atoms with van der Waals surface area (Å²) in [6, 6.07) is 0. The van der Waals surface area contributed by atoms with Crippen LogP contribution in [0.4, 0.5) is 5.82 Å². The molecular formula is C18H25N7S. The highest BCUT2D eigenvalue weighted by Gasteiger charge is 2.24. The molecule has 1 aliphatic heterocycles. The number of anilines is 1. The van der Waals surface area contributed by atoms with Gasteiger partial charge in [0.05, 0.1) is 22.0 Å². The lowest BCUT2D eigenvalue weighted by atomic mass is 9.96. The summed E-state index contributed by atoms with van der Waals surface area (Å²) in [5, 5.41) is 10.6. The van der Waals surface area contributed by atoms with Crippen LogP contribution in [0.5, 0.6) is 0 Å². The Kier molecular flexibility index (Phi) is 4.40. The van der Waals surface area contributed by atoms with Gasteiger partial charge in [0.1, 0.15) is 17.8 Å². The molecule has 0 aliphatic carbocycles. The van der Waals surface area contributed by atoms with Crippen molar-refractivity contribution in [1.29, 1.82) is 0 Å². The van der Waals surface area contributed by atoms with E-state index >= 15 is 0 Å². The smallest absolute Gasteiger partial charge is 0.150 e. The number of aromatic nitrogens is 5. The summed E-state index contributed by atoms with van der Waals surface area (Å²) in [6.45, 7) is 8.93. The maximum Gasteiger partial charge on any atom is 0.150 e. The summed E-state index contributed by atoms with van der Waals surface area (Å²) in [5.41, 5.74) is 8.81. The van der Waals surface area contributed by atoms with Crippen LogP contribution in [-0.4, -0.2) is 38.1 Å². The minimum atomic E-state index is -0.446. The van der Waals surface area contributed by atoms with Crippen LogP contribution in [0, 0.1) is 12.8 Å². The number of piperidine rings is 1. The highest BCUT2D eigenvalue weighted by atomic mass is 32.1. The van der Waals surface area contributed by atoms with Crippen molar-refractivity contribution in [3.05, 3.63) is 29.2 Å². The predicted octanol–water partition coefficient (Wildman–Crippen LogP) is 2.70. The maximum absolute atomic E-state index is 6.10. The normalized spacial score (nSPS) is 16.5. The van der Waals surface area contributed by atoms with Crippen LogP contribution in [0.1, 0.15) is 37.9 Å². The molecule has 3 aromatic rings. The topological polar surface area (TPSA) is 85.8 Å². The van der Waals surface area contributed by atoms with Gasteiger partial charge < -0.3 is 10.6 Å². The van der Waals surface area contributed by atoms with Gasteiger partial charge >= 0.3 is 0 Å². The van der Waals surface area contributed by atoms with Crippen LogP contribution in [0.3, 0.4) is 0 Å². The lowest BCUT2D eigenvalue weighted by Crippen LogP contribution is -2.35. The molecule has 0 radical (unpaired) electrons. The van der Waals surface area contributed by atoms with Crippen molar-refractivity contribution >= 4 is 27.4 Å². The van der Waals surface area contributed by atoms with E-state index < -0.39 is 5.54 Å². The highest BCUT2D eigenvalue weighted by Crippen LogP contribution is 2.33. The Morgan fingerprint density at radius 1 is 1.27 bits per heavy atom. The van der Waals surface area contributed by atoms with Crippen molar-refractivity contribution in [3.8, 4) is 0 Å². The molecule has 26 heavy (non-hydrogen) atoms. The Bertz CT molecular complexity index is 900. The first-order chi connectivity index (χ1) is 12.4. The zero-order valence-electron chi connectivity index (χ0n) is 15.5. The third-order valence-corrected chi connectivity index (χ3v) is 6.15. The number of hydrogen-bond donors (Lipinski definition) is 1. The second-order valence-electron chi connectivity index (χ2n) is 7.77. The van der Waals surface area contributed by atoms with E-state index in [2.05, 4.69) is 37.5 Å². The van der Waals surface area contributed by atoms with E-state index in [1.165, 1.54) is 10.3 Å². The standard InChI is InChI=1S/C18H25N7S/c1-12-10-26-16-15(12)20-11-21-17(16)24-6-4-13(5-7-24)8-25-9-14(22-23-25)18(2,3)19/h9-11,13H,4-8,19H2,1-3H3. The first-order valence-electron chi connectivity index (χ1n) is 9.05. The van der Waals surface area contributed by atoms with Gasteiger partial charge in [0, 0.05) is 19.6 Å². The number of thiophene rings is 1. The molecule has 7 nitrogen and oxygen atoms in total. The summed E-state index contributed by atoms with van der Waals surface area (Å²) < 4.78 is 3.14. The summed E-state index contributed by atoms with van der Waals surface area (Å²) in [5.74, 6) is 1.68. The molecule has 138 valence electrons. The van der Waals surface area contributed by atoms with E-state index in [-0.39, 0.29) is 0 Å². The second-order valence-corrected chi connectivity index (χ2v) is 8.65. The Morgan fingerprint density at radius 2 is 2.04 bits per heavy atom. The van der Waals surface area contributed by atoms with Crippen molar-refractivity contribution in [3.63, 3.8) is 0 Å². The van der Waals surface area contributed by atoms with E-state index in [9.17, 15) is 0 Å². The second kappa shape index (κ2) is 6.59. The van der Waals surface area contributed by atoms with Crippen LogP contribution in [0.15, 0.2) is 17.9 Å². The lowest BCUT2D eigenvalue weighted by molar-refractivity contribution is 0.338. The van der Waals surface area contributed by atoms with E-state index in [1.807, 2.05) is 24.7 Å². The average Bonchev–Trinajstić information content (AvgIpc) is 3.23. The maximum atomic E-state index is 6.10. The Morgan fingerprint density at radius 3 is 2.73 bits per heavy atom. The zero-order valence-corrected chi connectivity index (χ0v) is 16.3. The van der Waals surface area contributed by atoms with E-state index in [4.69, 9.17) is 5.73 Å². The van der Waals surface area contributed by atoms with Crippen molar-refractivity contribution < 1.29 is 0 Å². The Labute approximate surface area is 157 Å². The molecule has 3 aromatic heterocycles. The van der Waals surface area contributed by atoms with Crippen LogP contribution in [-0.2, 0) is 12.1 Å². The van der Waals surface area contributed by atoms with Gasteiger partial charge in [-0.1, -0.05) is 5.21 Å². The highest BCUT2D eigenvalue weighted by molar-refractivity contribution is 7.18. The van der Waals surface area contributed by atoms with Crippen LogP contribution in [0.25, 0.3) is 10.2 Å². The van der Waals surface area contributed by atoms with Crippen molar-refractivity contribution in [2.45, 2.75) is 45.7 Å². The minimum absolute atomic E-state index is 0.446. The molecule has 4 rings (SSSR count). The van der Waals surface area contributed by atoms with E-state index in [0.29, 0.717) is 5.92 Å². The van der Waals surface area contributed by atoms with Crippen LogP contribution >= 0.6 is 11.3 Å². The van der Waals surface area contributed by atoms with Gasteiger partial charge in [0.2, 0.25) is 0 Å². The molecule has 0 saturated carbocycles. The fourth-order valence-corrected chi connectivity index (χ4v) is 4.48. The van der Waals surface area contributed by atoms with Gasteiger partial charge in [-0.25, -0.2) is 9.97 Å². The number of hydrogen-bond acceptors (Lipinski definition) is 7. The molecular weight excluding hydrogens is 346 g/mol. The molecule has 0 unspecified atom stereocenters. The third kappa shape index (κ3) is 3.31. The fraction of sp³-hybridized carbons (Fsp3) is 0.556. The number of nitrogens with two attached hydrogens (primary N) is 1. The summed E-state index contributed by atoms with van der Waals surface area (Å²) in [4.78, 5) is 11.4. The largest absolute Gasteiger partial charge is 0.355 e. The molecule has 1 aliphatic rings. The molecule has 8 heteroatoms. The number of fused-ring (bicyclic) bond motifs is 1. The molecule has 0 amide bonds. The quantitative estimate of drug-likeness (QED) is 0.759. The fourth-order valence-electron chi connectivity index (χ4n) is 3.46. The number of aryl methyl sites for hydroxylation is 1. The summed E-state index contributed by atoms with van der Waals surface area (Å²) in [7, 11) is 0. The minimum Gasteiger partial charge on any atom is -0.355 e. The van der Waals surface area contributed by atoms with E-state index in [1.54, 1.807) is 17.7 Å². The molecule has 0 bridgehead atoms. The molecule has 1 saturated heterocycles. The predicted molar refractivity (Wildman–Crippen MR) is 104 cm³/mol. The van der Waals surface area contributed by atoms with Gasteiger partial charge in [-0.3, -0.25) is 4.68 Å². The molecule has 1 fully saturated rings. The van der Waals surface area contributed by atoms with Gasteiger partial charge in [-0.2, -0.15) is 0 Å². The number of nitrogens with zero attached hydrogens (tertiary/aromatic N) is 6. The first-order valence-corrected chi connectivity index (χ1v) is 9.93.